The lowest BCUT2D eigenvalue weighted by molar-refractivity contribution is 0.0696. The Labute approximate surface area is 126 Å². The van der Waals surface area contributed by atoms with Gasteiger partial charge >= 0.3 is 5.97 Å². The van der Waals surface area contributed by atoms with Crippen molar-refractivity contribution in [1.29, 1.82) is 0 Å². The summed E-state index contributed by atoms with van der Waals surface area (Å²) in [6.07, 6.45) is 0.405. The van der Waals surface area contributed by atoms with Gasteiger partial charge in [0.05, 0.1) is 12.1 Å². The number of benzene rings is 2. The molecule has 1 heterocycles. The highest BCUT2D eigenvalue weighted by Crippen LogP contribution is 2.27. The Hall–Kier alpha value is -3.13. The fraction of sp³-hybridized carbons (Fsp3) is 0.118. The summed E-state index contributed by atoms with van der Waals surface area (Å²) in [6, 6.07) is 10.2. The molecule has 108 valence electrons. The minimum atomic E-state index is -0.961. The van der Waals surface area contributed by atoms with Crippen LogP contribution in [-0.2, 0) is 6.42 Å². The monoisotopic (exact) mass is 292 g/mol. The Kier molecular flexibility index (Phi) is 3.36. The Bertz CT molecular complexity index is 919. The topological polar surface area (TPSA) is 67.7 Å². The number of aromatic nitrogens is 1. The van der Waals surface area contributed by atoms with Crippen molar-refractivity contribution in [1.82, 2.24) is 4.98 Å². The number of hydrogen-bond donors (Lipinski definition) is 1. The van der Waals surface area contributed by atoms with Crippen LogP contribution in [0.1, 0.15) is 27.4 Å². The number of oxazole rings is 1. The highest BCUT2D eigenvalue weighted by molar-refractivity contribution is 5.87. The van der Waals surface area contributed by atoms with Gasteiger partial charge in [0.25, 0.3) is 0 Å². The van der Waals surface area contributed by atoms with Crippen molar-refractivity contribution >= 4 is 22.8 Å². The largest absolute Gasteiger partial charge is 0.478 e. The Morgan fingerprint density at radius 3 is 2.91 bits per heavy atom. The van der Waals surface area contributed by atoms with Crippen LogP contribution in [0.4, 0.5) is 5.69 Å². The number of hydrogen-bond acceptors (Lipinski definition) is 3. The van der Waals surface area contributed by atoms with Crippen LogP contribution in [0.2, 0.25) is 0 Å². The molecule has 5 nitrogen and oxygen atoms in total. The van der Waals surface area contributed by atoms with Crippen LogP contribution in [0, 0.1) is 13.5 Å². The van der Waals surface area contributed by atoms with Gasteiger partial charge in [-0.1, -0.05) is 12.1 Å². The van der Waals surface area contributed by atoms with Gasteiger partial charge in [0.1, 0.15) is 11.1 Å². The first-order valence-electron chi connectivity index (χ1n) is 6.66. The first kappa shape index (κ1) is 13.8. The lowest BCUT2D eigenvalue weighted by Crippen LogP contribution is -1.97. The second-order valence-corrected chi connectivity index (χ2v) is 5.01. The number of fused-ring (bicyclic) bond motifs is 1. The van der Waals surface area contributed by atoms with Crippen LogP contribution in [0.25, 0.3) is 15.9 Å². The molecule has 0 radical (unpaired) electrons. The standard InChI is InChI=1S/C17H12N2O3/c1-10-6-14-15(9-13(10)18-2)22-16(19-14)8-11-4-3-5-12(7-11)17(20)21/h3-7,9H,8H2,1H3,(H,20,21). The number of carboxylic acid groups (broad SMARTS) is 1. The van der Waals surface area contributed by atoms with Crippen molar-refractivity contribution in [3.8, 4) is 0 Å². The second-order valence-electron chi connectivity index (χ2n) is 5.01. The molecule has 0 spiro atoms. The zero-order chi connectivity index (χ0) is 15.7. The van der Waals surface area contributed by atoms with E-state index >= 15 is 0 Å². The van der Waals surface area contributed by atoms with Crippen molar-refractivity contribution < 1.29 is 14.3 Å². The van der Waals surface area contributed by atoms with Crippen molar-refractivity contribution in [2.24, 2.45) is 0 Å². The molecule has 1 N–H and O–H groups in total. The molecular weight excluding hydrogens is 280 g/mol. The molecule has 0 aliphatic carbocycles. The van der Waals surface area contributed by atoms with E-state index < -0.39 is 5.97 Å². The molecule has 3 rings (SSSR count). The third-order valence-electron chi connectivity index (χ3n) is 3.40. The smallest absolute Gasteiger partial charge is 0.335 e. The number of carboxylic acids is 1. The van der Waals surface area contributed by atoms with E-state index in [1.807, 2.05) is 19.1 Å². The molecule has 0 atom stereocenters. The van der Waals surface area contributed by atoms with E-state index in [1.165, 1.54) is 0 Å². The van der Waals surface area contributed by atoms with Crippen LogP contribution in [0.3, 0.4) is 0 Å². The fourth-order valence-electron chi connectivity index (χ4n) is 2.30. The molecule has 0 aliphatic rings. The first-order chi connectivity index (χ1) is 10.6. The Morgan fingerprint density at radius 2 is 2.18 bits per heavy atom. The van der Waals surface area contributed by atoms with E-state index in [1.54, 1.807) is 24.3 Å². The second kappa shape index (κ2) is 5.34. The molecule has 1 aromatic heterocycles. The van der Waals surface area contributed by atoms with Gasteiger partial charge in [0, 0.05) is 6.42 Å². The van der Waals surface area contributed by atoms with E-state index in [2.05, 4.69) is 9.83 Å². The molecule has 0 amide bonds. The maximum atomic E-state index is 11.0. The summed E-state index contributed by atoms with van der Waals surface area (Å²) in [5.41, 5.74) is 3.72. The summed E-state index contributed by atoms with van der Waals surface area (Å²) < 4.78 is 5.67. The van der Waals surface area contributed by atoms with Gasteiger partial charge in [0.15, 0.2) is 11.6 Å². The van der Waals surface area contributed by atoms with Crippen LogP contribution in [-0.4, -0.2) is 16.1 Å². The minimum absolute atomic E-state index is 0.236. The van der Waals surface area contributed by atoms with Gasteiger partial charge in [-0.3, -0.25) is 0 Å². The summed E-state index contributed by atoms with van der Waals surface area (Å²) in [6.45, 7) is 8.98. The van der Waals surface area contributed by atoms with E-state index in [4.69, 9.17) is 16.1 Å². The SMILES string of the molecule is [C-]#[N+]c1cc2oc(Cc3cccc(C(=O)O)c3)nc2cc1C. The lowest BCUT2D eigenvalue weighted by Gasteiger charge is -1.99. The van der Waals surface area contributed by atoms with Crippen molar-refractivity contribution in [3.63, 3.8) is 0 Å². The van der Waals surface area contributed by atoms with Crippen LogP contribution < -0.4 is 0 Å². The number of carbonyl (C=O) groups is 1. The molecule has 5 heteroatoms. The minimum Gasteiger partial charge on any atom is -0.478 e. The molecule has 22 heavy (non-hydrogen) atoms. The van der Waals surface area contributed by atoms with Gasteiger partial charge in [-0.2, -0.15) is 0 Å². The predicted molar refractivity (Wildman–Crippen MR) is 81.2 cm³/mol. The van der Waals surface area contributed by atoms with Crippen LogP contribution in [0.15, 0.2) is 40.8 Å². The third kappa shape index (κ3) is 2.54. The van der Waals surface area contributed by atoms with E-state index in [9.17, 15) is 4.79 Å². The predicted octanol–water partition coefficient (Wildman–Crippen LogP) is 3.98. The molecule has 2 aromatic carbocycles. The molecule has 3 aromatic rings. The number of rotatable bonds is 3. The van der Waals surface area contributed by atoms with Gasteiger partial charge in [-0.15, -0.1) is 0 Å². The molecule has 0 saturated carbocycles. The normalized spacial score (nSPS) is 10.5. The molecule has 0 bridgehead atoms. The van der Waals surface area contributed by atoms with Crippen LogP contribution in [0.5, 0.6) is 0 Å². The van der Waals surface area contributed by atoms with Crippen molar-refractivity contribution in [2.75, 3.05) is 0 Å². The Balaban J connectivity index is 1.96. The zero-order valence-electron chi connectivity index (χ0n) is 11.8. The Morgan fingerprint density at radius 1 is 1.36 bits per heavy atom. The van der Waals surface area contributed by atoms with E-state index in [0.29, 0.717) is 29.1 Å². The molecule has 0 saturated heterocycles. The number of aromatic carboxylic acids is 1. The summed E-state index contributed by atoms with van der Waals surface area (Å²) in [7, 11) is 0. The summed E-state index contributed by atoms with van der Waals surface area (Å²) in [5, 5.41) is 9.01. The van der Waals surface area contributed by atoms with Gasteiger partial charge in [-0.25, -0.2) is 14.6 Å². The van der Waals surface area contributed by atoms with E-state index in [0.717, 1.165) is 11.1 Å². The number of nitrogens with zero attached hydrogens (tertiary/aromatic N) is 2. The lowest BCUT2D eigenvalue weighted by atomic mass is 10.1. The fourth-order valence-corrected chi connectivity index (χ4v) is 2.30. The van der Waals surface area contributed by atoms with Gasteiger partial charge in [-0.05, 0) is 42.3 Å². The summed E-state index contributed by atoms with van der Waals surface area (Å²) in [5.74, 6) is -0.462. The highest BCUT2D eigenvalue weighted by atomic mass is 16.4. The third-order valence-corrected chi connectivity index (χ3v) is 3.40. The maximum absolute atomic E-state index is 11.0. The number of aryl methyl sites for hydroxylation is 1. The average Bonchev–Trinajstić information content (AvgIpc) is 2.87. The maximum Gasteiger partial charge on any atom is 0.335 e. The molecular formula is C17H12N2O3. The van der Waals surface area contributed by atoms with Gasteiger partial charge < -0.3 is 9.52 Å². The quantitative estimate of drug-likeness (QED) is 0.741. The molecule has 0 unspecified atom stereocenters. The zero-order valence-corrected chi connectivity index (χ0v) is 11.8. The molecule has 0 aliphatic heterocycles. The first-order valence-corrected chi connectivity index (χ1v) is 6.66. The van der Waals surface area contributed by atoms with Crippen molar-refractivity contribution in [3.05, 3.63) is 70.4 Å². The van der Waals surface area contributed by atoms with Crippen molar-refractivity contribution in [2.45, 2.75) is 13.3 Å². The summed E-state index contributed by atoms with van der Waals surface area (Å²) in [4.78, 5) is 18.8. The highest BCUT2D eigenvalue weighted by Gasteiger charge is 2.11. The average molecular weight is 292 g/mol. The summed E-state index contributed by atoms with van der Waals surface area (Å²) >= 11 is 0. The molecule has 0 fully saturated rings. The van der Waals surface area contributed by atoms with Gasteiger partial charge in [0.2, 0.25) is 0 Å². The van der Waals surface area contributed by atoms with E-state index in [-0.39, 0.29) is 5.56 Å². The van der Waals surface area contributed by atoms with Crippen LogP contribution >= 0.6 is 0 Å².